The minimum absolute atomic E-state index is 0.0195. The van der Waals surface area contributed by atoms with Crippen molar-refractivity contribution in [2.24, 2.45) is 5.73 Å². The van der Waals surface area contributed by atoms with Crippen molar-refractivity contribution in [3.05, 3.63) is 0 Å². The number of hydrogen-bond donors (Lipinski definition) is 3. The molecular formula is C9H17N3O2. The van der Waals surface area contributed by atoms with Gasteiger partial charge in [0.2, 0.25) is 11.8 Å². The van der Waals surface area contributed by atoms with Gasteiger partial charge >= 0.3 is 0 Å². The third-order valence-corrected chi connectivity index (χ3v) is 2.53. The highest BCUT2D eigenvalue weighted by Crippen LogP contribution is 2.30. The van der Waals surface area contributed by atoms with Crippen molar-refractivity contribution >= 4 is 11.8 Å². The molecule has 0 aromatic carbocycles. The SMILES string of the molecule is CC1(NC(=O)CNC(=O)CN)CCC1. The van der Waals surface area contributed by atoms with Crippen LogP contribution in [0.1, 0.15) is 26.2 Å². The van der Waals surface area contributed by atoms with Gasteiger partial charge in [0.25, 0.3) is 0 Å². The standard InChI is InChI=1S/C9H17N3O2/c1-9(3-2-4-9)12-8(14)6-11-7(13)5-10/h2-6,10H2,1H3,(H,11,13)(H,12,14). The van der Waals surface area contributed by atoms with Gasteiger partial charge in [-0.3, -0.25) is 9.59 Å². The molecule has 0 aliphatic heterocycles. The average Bonchev–Trinajstić information content (AvgIpc) is 2.11. The first-order chi connectivity index (χ1) is 6.56. The van der Waals surface area contributed by atoms with Crippen molar-refractivity contribution in [3.8, 4) is 0 Å². The number of nitrogens with two attached hydrogens (primary N) is 1. The van der Waals surface area contributed by atoms with Crippen LogP contribution < -0.4 is 16.4 Å². The number of carbonyl (C=O) groups is 2. The Morgan fingerprint density at radius 1 is 1.36 bits per heavy atom. The molecule has 0 spiro atoms. The van der Waals surface area contributed by atoms with Crippen LogP contribution in [0.15, 0.2) is 0 Å². The molecule has 1 saturated carbocycles. The van der Waals surface area contributed by atoms with Gasteiger partial charge in [-0.1, -0.05) is 0 Å². The average molecular weight is 199 g/mol. The van der Waals surface area contributed by atoms with E-state index in [0.717, 1.165) is 19.3 Å². The maximum absolute atomic E-state index is 11.3. The largest absolute Gasteiger partial charge is 0.349 e. The molecular weight excluding hydrogens is 182 g/mol. The summed E-state index contributed by atoms with van der Waals surface area (Å²) in [6, 6.07) is 0. The van der Waals surface area contributed by atoms with Gasteiger partial charge in [-0.15, -0.1) is 0 Å². The molecule has 0 aromatic heterocycles. The van der Waals surface area contributed by atoms with Gasteiger partial charge in [-0.2, -0.15) is 0 Å². The summed E-state index contributed by atoms with van der Waals surface area (Å²) in [5.41, 5.74) is 5.03. The monoisotopic (exact) mass is 199 g/mol. The van der Waals surface area contributed by atoms with Crippen molar-refractivity contribution in [1.82, 2.24) is 10.6 Å². The van der Waals surface area contributed by atoms with Crippen LogP contribution in [0.3, 0.4) is 0 Å². The highest BCUT2D eigenvalue weighted by atomic mass is 16.2. The second-order valence-corrected chi connectivity index (χ2v) is 3.94. The van der Waals surface area contributed by atoms with Crippen molar-refractivity contribution in [1.29, 1.82) is 0 Å². The van der Waals surface area contributed by atoms with E-state index >= 15 is 0 Å². The lowest BCUT2D eigenvalue weighted by molar-refractivity contribution is -0.127. The Morgan fingerprint density at radius 3 is 2.43 bits per heavy atom. The van der Waals surface area contributed by atoms with E-state index in [4.69, 9.17) is 5.73 Å². The van der Waals surface area contributed by atoms with Gasteiger partial charge in [-0.05, 0) is 26.2 Å². The Morgan fingerprint density at radius 2 is 2.00 bits per heavy atom. The molecule has 1 aliphatic rings. The molecule has 0 atom stereocenters. The summed E-state index contributed by atoms with van der Waals surface area (Å²) >= 11 is 0. The smallest absolute Gasteiger partial charge is 0.239 e. The van der Waals surface area contributed by atoms with Gasteiger partial charge in [0.15, 0.2) is 0 Å². The molecule has 14 heavy (non-hydrogen) atoms. The number of hydrogen-bond acceptors (Lipinski definition) is 3. The maximum Gasteiger partial charge on any atom is 0.239 e. The van der Waals surface area contributed by atoms with Gasteiger partial charge in [0, 0.05) is 5.54 Å². The maximum atomic E-state index is 11.3. The second-order valence-electron chi connectivity index (χ2n) is 3.94. The van der Waals surface area contributed by atoms with E-state index in [0.29, 0.717) is 0 Å². The summed E-state index contributed by atoms with van der Waals surface area (Å²) in [6.07, 6.45) is 3.19. The number of nitrogens with one attached hydrogen (secondary N) is 2. The molecule has 0 radical (unpaired) electrons. The molecule has 2 amide bonds. The van der Waals surface area contributed by atoms with E-state index in [1.165, 1.54) is 0 Å². The van der Waals surface area contributed by atoms with Gasteiger partial charge < -0.3 is 16.4 Å². The Balaban J connectivity index is 2.19. The molecule has 0 saturated heterocycles. The van der Waals surface area contributed by atoms with Crippen molar-refractivity contribution < 1.29 is 9.59 Å². The van der Waals surface area contributed by atoms with Crippen molar-refractivity contribution in [2.75, 3.05) is 13.1 Å². The van der Waals surface area contributed by atoms with Gasteiger partial charge in [0.1, 0.15) is 0 Å². The van der Waals surface area contributed by atoms with Crippen LogP contribution in [-0.2, 0) is 9.59 Å². The quantitative estimate of drug-likeness (QED) is 0.549. The Hall–Kier alpha value is -1.10. The fourth-order valence-corrected chi connectivity index (χ4v) is 1.46. The molecule has 80 valence electrons. The van der Waals surface area contributed by atoms with Crippen molar-refractivity contribution in [3.63, 3.8) is 0 Å². The van der Waals surface area contributed by atoms with E-state index < -0.39 is 0 Å². The molecule has 4 N–H and O–H groups in total. The Bertz CT molecular complexity index is 236. The summed E-state index contributed by atoms with van der Waals surface area (Å²) in [4.78, 5) is 22.1. The van der Waals surface area contributed by atoms with Crippen LogP contribution in [0.25, 0.3) is 0 Å². The fraction of sp³-hybridized carbons (Fsp3) is 0.778. The minimum atomic E-state index is -0.307. The molecule has 1 rings (SSSR count). The minimum Gasteiger partial charge on any atom is -0.349 e. The number of rotatable bonds is 4. The van der Waals surface area contributed by atoms with Gasteiger partial charge in [-0.25, -0.2) is 0 Å². The molecule has 0 unspecified atom stereocenters. The molecule has 0 bridgehead atoms. The lowest BCUT2D eigenvalue weighted by Gasteiger charge is -2.39. The highest BCUT2D eigenvalue weighted by molar-refractivity contribution is 5.85. The van der Waals surface area contributed by atoms with Crippen molar-refractivity contribution in [2.45, 2.75) is 31.7 Å². The summed E-state index contributed by atoms with van der Waals surface area (Å²) in [7, 11) is 0. The van der Waals surface area contributed by atoms with Gasteiger partial charge in [0.05, 0.1) is 13.1 Å². The van der Waals surface area contributed by atoms with Crippen LogP contribution in [0.2, 0.25) is 0 Å². The Labute approximate surface area is 83.4 Å². The first-order valence-corrected chi connectivity index (χ1v) is 4.83. The first kappa shape index (κ1) is 11.0. The molecule has 0 aromatic rings. The third-order valence-electron chi connectivity index (χ3n) is 2.53. The highest BCUT2D eigenvalue weighted by Gasteiger charge is 2.32. The molecule has 5 heteroatoms. The molecule has 1 fully saturated rings. The van der Waals surface area contributed by atoms with E-state index in [9.17, 15) is 9.59 Å². The van der Waals surface area contributed by atoms with Crippen LogP contribution in [0.4, 0.5) is 0 Å². The third kappa shape index (κ3) is 2.99. The molecule has 1 aliphatic carbocycles. The fourth-order valence-electron chi connectivity index (χ4n) is 1.46. The Kier molecular flexibility index (Phi) is 3.46. The summed E-state index contributed by atoms with van der Waals surface area (Å²) in [5, 5.41) is 5.30. The lowest BCUT2D eigenvalue weighted by Crippen LogP contribution is -2.53. The number of carbonyl (C=O) groups excluding carboxylic acids is 2. The molecule has 0 heterocycles. The second kappa shape index (κ2) is 4.41. The van der Waals surface area contributed by atoms with E-state index in [1.807, 2.05) is 6.92 Å². The van der Waals surface area contributed by atoms with Crippen LogP contribution in [0, 0.1) is 0 Å². The van der Waals surface area contributed by atoms with Crippen LogP contribution in [0.5, 0.6) is 0 Å². The lowest BCUT2D eigenvalue weighted by atomic mass is 9.78. The first-order valence-electron chi connectivity index (χ1n) is 4.83. The van der Waals surface area contributed by atoms with E-state index in [2.05, 4.69) is 10.6 Å². The number of amides is 2. The summed E-state index contributed by atoms with van der Waals surface area (Å²) < 4.78 is 0. The predicted molar refractivity (Wildman–Crippen MR) is 52.5 cm³/mol. The molecule has 5 nitrogen and oxygen atoms in total. The zero-order valence-electron chi connectivity index (χ0n) is 8.43. The zero-order valence-corrected chi connectivity index (χ0v) is 8.43. The predicted octanol–water partition coefficient (Wildman–Crippen LogP) is -0.880. The topological polar surface area (TPSA) is 84.2 Å². The normalized spacial score (nSPS) is 18.1. The summed E-state index contributed by atoms with van der Waals surface area (Å²) in [5.74, 6) is -0.451. The van der Waals surface area contributed by atoms with E-state index in [-0.39, 0.29) is 30.4 Å². The zero-order chi connectivity index (χ0) is 10.6. The van der Waals surface area contributed by atoms with Crippen LogP contribution >= 0.6 is 0 Å². The van der Waals surface area contributed by atoms with Crippen LogP contribution in [-0.4, -0.2) is 30.4 Å². The summed E-state index contributed by atoms with van der Waals surface area (Å²) in [6.45, 7) is 1.95. The van der Waals surface area contributed by atoms with E-state index in [1.54, 1.807) is 0 Å².